The fourth-order valence-corrected chi connectivity index (χ4v) is 1.38. The van der Waals surface area contributed by atoms with Crippen LogP contribution in [-0.4, -0.2) is 17.6 Å². The van der Waals surface area contributed by atoms with Crippen molar-refractivity contribution < 1.29 is 14.3 Å². The Hall–Kier alpha value is -1.42. The molecular weight excluding hydrogens is 221 g/mol. The van der Waals surface area contributed by atoms with Crippen LogP contribution in [0.5, 0.6) is 0 Å². The number of carboxylic acid groups (broad SMARTS) is 1. The van der Waals surface area contributed by atoms with Gasteiger partial charge in [-0.15, -0.1) is 0 Å². The van der Waals surface area contributed by atoms with Crippen molar-refractivity contribution in [2.24, 2.45) is 5.41 Å². The SMILES string of the molecule is CC(NCC(C)(C)C(=O)O)c1cccc(F)c1. The molecule has 2 N–H and O–H groups in total. The van der Waals surface area contributed by atoms with Gasteiger partial charge in [-0.2, -0.15) is 0 Å². The number of carbonyl (C=O) groups is 1. The van der Waals surface area contributed by atoms with Gasteiger partial charge in [0, 0.05) is 12.6 Å². The van der Waals surface area contributed by atoms with Crippen LogP contribution >= 0.6 is 0 Å². The van der Waals surface area contributed by atoms with E-state index in [1.165, 1.54) is 12.1 Å². The van der Waals surface area contributed by atoms with Gasteiger partial charge in [0.15, 0.2) is 0 Å². The van der Waals surface area contributed by atoms with Crippen molar-refractivity contribution in [2.75, 3.05) is 6.54 Å². The standard InChI is InChI=1S/C13H18FNO2/c1-9(10-5-4-6-11(14)7-10)15-8-13(2,3)12(16)17/h4-7,9,15H,8H2,1-3H3,(H,16,17). The third kappa shape index (κ3) is 3.82. The number of halogens is 1. The van der Waals surface area contributed by atoms with Crippen LogP contribution in [0.25, 0.3) is 0 Å². The van der Waals surface area contributed by atoms with Gasteiger partial charge >= 0.3 is 5.97 Å². The second-order valence-electron chi connectivity index (χ2n) is 4.85. The minimum Gasteiger partial charge on any atom is -0.481 e. The van der Waals surface area contributed by atoms with E-state index in [-0.39, 0.29) is 11.9 Å². The van der Waals surface area contributed by atoms with Crippen LogP contribution in [0.4, 0.5) is 4.39 Å². The molecule has 1 atom stereocenters. The quantitative estimate of drug-likeness (QED) is 0.830. The zero-order chi connectivity index (χ0) is 13.1. The summed E-state index contributed by atoms with van der Waals surface area (Å²) < 4.78 is 13.0. The third-order valence-corrected chi connectivity index (χ3v) is 2.78. The number of carboxylic acids is 1. The molecule has 1 aromatic carbocycles. The molecule has 0 aliphatic heterocycles. The molecule has 0 fully saturated rings. The molecule has 0 aliphatic rings. The first-order valence-corrected chi connectivity index (χ1v) is 5.55. The van der Waals surface area contributed by atoms with Gasteiger partial charge in [0.05, 0.1) is 5.41 Å². The van der Waals surface area contributed by atoms with Gasteiger partial charge in [-0.3, -0.25) is 4.79 Å². The molecule has 3 nitrogen and oxygen atoms in total. The highest BCUT2D eigenvalue weighted by Crippen LogP contribution is 2.18. The summed E-state index contributed by atoms with van der Waals surface area (Å²) in [6.45, 7) is 5.52. The molecule has 1 aromatic rings. The molecule has 0 saturated carbocycles. The zero-order valence-electron chi connectivity index (χ0n) is 10.3. The van der Waals surface area contributed by atoms with E-state index in [1.54, 1.807) is 19.9 Å². The molecule has 0 heterocycles. The number of hydrogen-bond acceptors (Lipinski definition) is 2. The topological polar surface area (TPSA) is 49.3 Å². The molecule has 0 bridgehead atoms. The van der Waals surface area contributed by atoms with Crippen LogP contribution in [0, 0.1) is 11.2 Å². The number of nitrogens with one attached hydrogen (secondary N) is 1. The van der Waals surface area contributed by atoms with Crippen LogP contribution in [0.2, 0.25) is 0 Å². The summed E-state index contributed by atoms with van der Waals surface area (Å²) in [7, 11) is 0. The molecular formula is C13H18FNO2. The predicted molar refractivity (Wildman–Crippen MR) is 64.2 cm³/mol. The summed E-state index contributed by atoms with van der Waals surface area (Å²) in [4.78, 5) is 10.9. The monoisotopic (exact) mass is 239 g/mol. The molecule has 0 saturated heterocycles. The Kier molecular flexibility index (Phi) is 4.23. The highest BCUT2D eigenvalue weighted by molar-refractivity contribution is 5.73. The maximum absolute atomic E-state index is 13.0. The Bertz CT molecular complexity index is 404. The molecule has 1 unspecified atom stereocenters. The van der Waals surface area contributed by atoms with E-state index < -0.39 is 11.4 Å². The van der Waals surface area contributed by atoms with Crippen LogP contribution in [0.3, 0.4) is 0 Å². The van der Waals surface area contributed by atoms with Gasteiger partial charge in [0.1, 0.15) is 5.82 Å². The lowest BCUT2D eigenvalue weighted by atomic mass is 9.93. The fourth-order valence-electron chi connectivity index (χ4n) is 1.38. The van der Waals surface area contributed by atoms with E-state index >= 15 is 0 Å². The zero-order valence-corrected chi connectivity index (χ0v) is 10.3. The van der Waals surface area contributed by atoms with Gasteiger partial charge in [-0.25, -0.2) is 4.39 Å². The van der Waals surface area contributed by atoms with Crippen molar-refractivity contribution in [3.8, 4) is 0 Å². The van der Waals surface area contributed by atoms with Crippen LogP contribution in [-0.2, 0) is 4.79 Å². The molecule has 0 aromatic heterocycles. The lowest BCUT2D eigenvalue weighted by Gasteiger charge is -2.23. The van der Waals surface area contributed by atoms with E-state index in [2.05, 4.69) is 5.32 Å². The van der Waals surface area contributed by atoms with E-state index in [9.17, 15) is 9.18 Å². The smallest absolute Gasteiger partial charge is 0.310 e. The Morgan fingerprint density at radius 3 is 2.71 bits per heavy atom. The molecule has 0 radical (unpaired) electrons. The van der Waals surface area contributed by atoms with Crippen molar-refractivity contribution in [2.45, 2.75) is 26.8 Å². The lowest BCUT2D eigenvalue weighted by molar-refractivity contribution is -0.146. The van der Waals surface area contributed by atoms with Crippen molar-refractivity contribution in [3.63, 3.8) is 0 Å². The largest absolute Gasteiger partial charge is 0.481 e. The van der Waals surface area contributed by atoms with Gasteiger partial charge in [-0.05, 0) is 38.5 Å². The Morgan fingerprint density at radius 1 is 1.53 bits per heavy atom. The number of benzene rings is 1. The first-order chi connectivity index (χ1) is 7.83. The maximum atomic E-state index is 13.0. The molecule has 1 rings (SSSR count). The summed E-state index contributed by atoms with van der Waals surface area (Å²) >= 11 is 0. The highest BCUT2D eigenvalue weighted by Gasteiger charge is 2.27. The van der Waals surface area contributed by atoms with E-state index in [1.807, 2.05) is 13.0 Å². The van der Waals surface area contributed by atoms with E-state index in [0.29, 0.717) is 6.54 Å². The van der Waals surface area contributed by atoms with Gasteiger partial charge in [0.25, 0.3) is 0 Å². The minimum absolute atomic E-state index is 0.0793. The van der Waals surface area contributed by atoms with Crippen molar-refractivity contribution in [3.05, 3.63) is 35.6 Å². The maximum Gasteiger partial charge on any atom is 0.310 e. The summed E-state index contributed by atoms with van der Waals surface area (Å²) in [6.07, 6.45) is 0. The minimum atomic E-state index is -0.851. The van der Waals surface area contributed by atoms with E-state index in [0.717, 1.165) is 5.56 Å². The fraction of sp³-hybridized carbons (Fsp3) is 0.462. The Labute approximate surface area is 101 Å². The summed E-state index contributed by atoms with van der Waals surface area (Å²) in [6, 6.07) is 6.21. The van der Waals surface area contributed by atoms with Crippen molar-refractivity contribution >= 4 is 5.97 Å². The first kappa shape index (κ1) is 13.6. The molecule has 0 amide bonds. The number of hydrogen-bond donors (Lipinski definition) is 2. The summed E-state index contributed by atoms with van der Waals surface area (Å²) in [5, 5.41) is 12.1. The molecule has 17 heavy (non-hydrogen) atoms. The van der Waals surface area contributed by atoms with Crippen molar-refractivity contribution in [1.82, 2.24) is 5.32 Å². The lowest BCUT2D eigenvalue weighted by Crippen LogP contribution is -2.37. The van der Waals surface area contributed by atoms with Crippen molar-refractivity contribution in [1.29, 1.82) is 0 Å². The molecule has 4 heteroatoms. The average molecular weight is 239 g/mol. The Balaban J connectivity index is 2.62. The van der Waals surface area contributed by atoms with E-state index in [4.69, 9.17) is 5.11 Å². The van der Waals surface area contributed by atoms with Gasteiger partial charge in [-0.1, -0.05) is 12.1 Å². The number of aliphatic carboxylic acids is 1. The third-order valence-electron chi connectivity index (χ3n) is 2.78. The average Bonchev–Trinajstić information content (AvgIpc) is 2.25. The highest BCUT2D eigenvalue weighted by atomic mass is 19.1. The van der Waals surface area contributed by atoms with Crippen LogP contribution < -0.4 is 5.32 Å². The number of rotatable bonds is 5. The molecule has 0 aliphatic carbocycles. The normalized spacial score (nSPS) is 13.4. The second kappa shape index (κ2) is 5.27. The van der Waals surface area contributed by atoms with Crippen LogP contribution in [0.1, 0.15) is 32.4 Å². The summed E-state index contributed by atoms with van der Waals surface area (Å²) in [5.41, 5.74) is -0.0205. The second-order valence-corrected chi connectivity index (χ2v) is 4.85. The molecule has 94 valence electrons. The Morgan fingerprint density at radius 2 is 2.18 bits per heavy atom. The summed E-state index contributed by atoms with van der Waals surface area (Å²) in [5.74, 6) is -1.13. The molecule has 0 spiro atoms. The predicted octanol–water partition coefficient (Wildman–Crippen LogP) is 2.59. The van der Waals surface area contributed by atoms with Gasteiger partial charge < -0.3 is 10.4 Å². The van der Waals surface area contributed by atoms with Gasteiger partial charge in [0.2, 0.25) is 0 Å². The first-order valence-electron chi connectivity index (χ1n) is 5.55. The van der Waals surface area contributed by atoms with Crippen LogP contribution in [0.15, 0.2) is 24.3 Å².